The first-order valence-corrected chi connectivity index (χ1v) is 7.30. The molecule has 0 aromatic heterocycles. The lowest BCUT2D eigenvalue weighted by Crippen LogP contribution is -2.37. The molecule has 0 radical (unpaired) electrons. The fourth-order valence-electron chi connectivity index (χ4n) is 2.37. The molecule has 1 aromatic rings. The molecule has 0 atom stereocenters. The Kier molecular flexibility index (Phi) is 4.35. The highest BCUT2D eigenvalue weighted by molar-refractivity contribution is 6.30. The Morgan fingerprint density at radius 3 is 2.32 bits per heavy atom. The van der Waals surface area contributed by atoms with Crippen LogP contribution in [0.2, 0.25) is 5.02 Å². The van der Waals surface area contributed by atoms with Crippen LogP contribution in [0.25, 0.3) is 0 Å². The lowest BCUT2D eigenvalue weighted by molar-refractivity contribution is 0.456. The van der Waals surface area contributed by atoms with Crippen LogP contribution < -0.4 is 5.73 Å². The number of nitrogens with zero attached hydrogens (tertiary/aromatic N) is 2. The van der Waals surface area contributed by atoms with Crippen molar-refractivity contribution in [3.63, 3.8) is 0 Å². The van der Waals surface area contributed by atoms with E-state index in [0.717, 1.165) is 24.7 Å². The number of nitrogens with two attached hydrogens (primary N) is 1. The van der Waals surface area contributed by atoms with Crippen LogP contribution in [0.3, 0.4) is 0 Å². The Morgan fingerprint density at radius 1 is 1.26 bits per heavy atom. The van der Waals surface area contributed by atoms with Gasteiger partial charge in [0, 0.05) is 23.5 Å². The van der Waals surface area contributed by atoms with Crippen molar-refractivity contribution in [2.24, 2.45) is 10.7 Å². The van der Waals surface area contributed by atoms with E-state index in [9.17, 15) is 0 Å². The Bertz CT molecular complexity index is 445. The second-order valence-electron chi connectivity index (χ2n) is 5.13. The van der Waals surface area contributed by atoms with E-state index in [1.165, 1.54) is 18.4 Å². The predicted molar refractivity (Wildman–Crippen MR) is 81.8 cm³/mol. The number of hydrogen-bond acceptors (Lipinski definition) is 1. The highest BCUT2D eigenvalue weighted by atomic mass is 35.5. The Hall–Kier alpha value is -1.22. The first-order valence-electron chi connectivity index (χ1n) is 6.92. The number of rotatable bonds is 5. The van der Waals surface area contributed by atoms with Crippen molar-refractivity contribution in [2.45, 2.75) is 32.1 Å². The van der Waals surface area contributed by atoms with Crippen LogP contribution in [-0.2, 0) is 5.41 Å². The van der Waals surface area contributed by atoms with Gasteiger partial charge in [-0.2, -0.15) is 0 Å². The maximum absolute atomic E-state index is 6.03. The molecule has 104 valence electrons. The van der Waals surface area contributed by atoms with E-state index in [-0.39, 0.29) is 5.41 Å². The van der Waals surface area contributed by atoms with E-state index < -0.39 is 0 Å². The first kappa shape index (κ1) is 14.2. The molecule has 1 aliphatic rings. The Morgan fingerprint density at radius 2 is 1.84 bits per heavy atom. The minimum atomic E-state index is 0.197. The second-order valence-corrected chi connectivity index (χ2v) is 5.57. The average molecular weight is 280 g/mol. The zero-order valence-electron chi connectivity index (χ0n) is 11.7. The summed E-state index contributed by atoms with van der Waals surface area (Å²) in [6.07, 6.45) is 2.37. The zero-order chi connectivity index (χ0) is 13.9. The van der Waals surface area contributed by atoms with Crippen LogP contribution in [-0.4, -0.2) is 30.5 Å². The molecule has 0 saturated heterocycles. The number of aliphatic imine (C=N–C) groups is 1. The van der Waals surface area contributed by atoms with E-state index in [1.807, 2.05) is 12.1 Å². The van der Waals surface area contributed by atoms with E-state index in [4.69, 9.17) is 17.3 Å². The number of guanidine groups is 1. The van der Waals surface area contributed by atoms with E-state index in [0.29, 0.717) is 5.96 Å². The Labute approximate surface area is 120 Å². The third-order valence-electron chi connectivity index (χ3n) is 3.94. The normalized spacial score (nSPS) is 17.3. The van der Waals surface area contributed by atoms with Gasteiger partial charge < -0.3 is 10.6 Å². The Balaban J connectivity index is 2.06. The molecule has 19 heavy (non-hydrogen) atoms. The molecule has 0 bridgehead atoms. The summed E-state index contributed by atoms with van der Waals surface area (Å²) in [5, 5.41) is 0.783. The van der Waals surface area contributed by atoms with E-state index in [2.05, 4.69) is 35.9 Å². The van der Waals surface area contributed by atoms with E-state index >= 15 is 0 Å². The highest BCUT2D eigenvalue weighted by Crippen LogP contribution is 2.48. The van der Waals surface area contributed by atoms with Crippen LogP contribution in [0.5, 0.6) is 0 Å². The molecule has 0 amide bonds. The molecular weight excluding hydrogens is 258 g/mol. The van der Waals surface area contributed by atoms with E-state index in [1.54, 1.807) is 0 Å². The average Bonchev–Trinajstić information content (AvgIpc) is 3.20. The van der Waals surface area contributed by atoms with Crippen LogP contribution in [0.4, 0.5) is 0 Å². The fourth-order valence-corrected chi connectivity index (χ4v) is 2.50. The third kappa shape index (κ3) is 3.21. The van der Waals surface area contributed by atoms with Gasteiger partial charge in [-0.3, -0.25) is 4.99 Å². The van der Waals surface area contributed by atoms with Crippen LogP contribution in [0.15, 0.2) is 29.3 Å². The van der Waals surface area contributed by atoms with Gasteiger partial charge in [0.2, 0.25) is 0 Å². The van der Waals surface area contributed by atoms with Gasteiger partial charge in [-0.25, -0.2) is 0 Å². The molecule has 0 unspecified atom stereocenters. The minimum absolute atomic E-state index is 0.197. The van der Waals surface area contributed by atoms with Crippen molar-refractivity contribution in [2.75, 3.05) is 19.6 Å². The molecular formula is C15H22ClN3. The summed E-state index contributed by atoms with van der Waals surface area (Å²) < 4.78 is 0. The van der Waals surface area contributed by atoms with Gasteiger partial charge in [-0.05, 0) is 44.4 Å². The molecule has 0 heterocycles. The van der Waals surface area contributed by atoms with Gasteiger partial charge >= 0.3 is 0 Å². The third-order valence-corrected chi connectivity index (χ3v) is 4.19. The largest absolute Gasteiger partial charge is 0.370 e. The summed E-state index contributed by atoms with van der Waals surface area (Å²) in [6.45, 7) is 6.77. The van der Waals surface area contributed by atoms with Crippen LogP contribution >= 0.6 is 11.6 Å². The summed E-state index contributed by atoms with van der Waals surface area (Å²) in [5.74, 6) is 0.658. The summed E-state index contributed by atoms with van der Waals surface area (Å²) >= 11 is 5.93. The lowest BCUT2D eigenvalue weighted by Gasteiger charge is -2.21. The molecule has 1 aromatic carbocycles. The number of benzene rings is 1. The summed E-state index contributed by atoms with van der Waals surface area (Å²) in [5.41, 5.74) is 7.55. The number of halogens is 1. The predicted octanol–water partition coefficient (Wildman–Crippen LogP) is 3.03. The summed E-state index contributed by atoms with van der Waals surface area (Å²) in [7, 11) is 0. The van der Waals surface area contributed by atoms with Gasteiger partial charge in [0.25, 0.3) is 0 Å². The smallest absolute Gasteiger partial charge is 0.191 e. The van der Waals surface area contributed by atoms with Crippen LogP contribution in [0, 0.1) is 0 Å². The summed E-state index contributed by atoms with van der Waals surface area (Å²) in [4.78, 5) is 6.67. The molecule has 0 spiro atoms. The van der Waals surface area contributed by atoms with Gasteiger partial charge in [-0.1, -0.05) is 23.7 Å². The second kappa shape index (κ2) is 5.83. The zero-order valence-corrected chi connectivity index (χ0v) is 12.5. The molecule has 1 aliphatic carbocycles. The number of hydrogen-bond donors (Lipinski definition) is 1. The monoisotopic (exact) mass is 279 g/mol. The molecule has 2 rings (SSSR count). The van der Waals surface area contributed by atoms with Gasteiger partial charge in [0.05, 0.1) is 6.54 Å². The molecule has 3 nitrogen and oxygen atoms in total. The van der Waals surface area contributed by atoms with Crippen molar-refractivity contribution in [1.29, 1.82) is 0 Å². The maximum atomic E-state index is 6.03. The molecule has 0 aliphatic heterocycles. The first-order chi connectivity index (χ1) is 9.11. The standard InChI is InChI=1S/C15H22ClN3/c1-3-19(4-2)14(17)18-11-15(9-10-15)12-5-7-13(16)8-6-12/h5-8H,3-4,9-11H2,1-2H3,(H2,17,18). The van der Waals surface area contributed by atoms with Crippen molar-refractivity contribution in [3.8, 4) is 0 Å². The lowest BCUT2D eigenvalue weighted by atomic mass is 9.96. The fraction of sp³-hybridized carbons (Fsp3) is 0.533. The molecule has 1 fully saturated rings. The molecule has 2 N–H and O–H groups in total. The van der Waals surface area contributed by atoms with Crippen molar-refractivity contribution >= 4 is 17.6 Å². The van der Waals surface area contributed by atoms with Crippen molar-refractivity contribution in [3.05, 3.63) is 34.9 Å². The van der Waals surface area contributed by atoms with Gasteiger partial charge in [-0.15, -0.1) is 0 Å². The minimum Gasteiger partial charge on any atom is -0.370 e. The topological polar surface area (TPSA) is 41.6 Å². The maximum Gasteiger partial charge on any atom is 0.191 e. The van der Waals surface area contributed by atoms with Gasteiger partial charge in [0.1, 0.15) is 0 Å². The molecule has 1 saturated carbocycles. The van der Waals surface area contributed by atoms with Crippen molar-refractivity contribution < 1.29 is 0 Å². The van der Waals surface area contributed by atoms with Crippen molar-refractivity contribution in [1.82, 2.24) is 4.90 Å². The highest BCUT2D eigenvalue weighted by Gasteiger charge is 2.44. The SMILES string of the molecule is CCN(CC)C(N)=NCC1(c2ccc(Cl)cc2)CC1. The summed E-state index contributed by atoms with van der Waals surface area (Å²) in [6, 6.07) is 8.12. The quantitative estimate of drug-likeness (QED) is 0.665. The van der Waals surface area contributed by atoms with Crippen LogP contribution in [0.1, 0.15) is 32.3 Å². The van der Waals surface area contributed by atoms with Gasteiger partial charge in [0.15, 0.2) is 5.96 Å². The molecule has 4 heteroatoms.